The molecule has 0 saturated carbocycles. The molecule has 0 aliphatic heterocycles. The highest BCUT2D eigenvalue weighted by molar-refractivity contribution is 9.10. The lowest BCUT2D eigenvalue weighted by molar-refractivity contribution is -0.0505. The fraction of sp³-hybridized carbons (Fsp3) is 0.500. The van der Waals surface area contributed by atoms with Crippen LogP contribution in [0.5, 0.6) is 5.75 Å². The lowest BCUT2D eigenvalue weighted by Crippen LogP contribution is -2.32. The van der Waals surface area contributed by atoms with E-state index in [2.05, 4.69) is 26.0 Å². The predicted molar refractivity (Wildman–Crippen MR) is 78.6 cm³/mol. The zero-order valence-corrected chi connectivity index (χ0v) is 13.9. The van der Waals surface area contributed by atoms with Crippen LogP contribution in [-0.4, -0.2) is 18.3 Å². The largest absolute Gasteiger partial charge is 0.444 e. The summed E-state index contributed by atoms with van der Waals surface area (Å²) < 4.78 is 35.0. The van der Waals surface area contributed by atoms with Crippen LogP contribution in [0.4, 0.5) is 13.6 Å². The zero-order valence-electron chi connectivity index (χ0n) is 12.3. The molecule has 0 fully saturated rings. The number of rotatable bonds is 4. The van der Waals surface area contributed by atoms with Gasteiger partial charge in [0.1, 0.15) is 11.4 Å². The Kier molecular flexibility index (Phi) is 5.95. The number of alkyl carbamates (subject to hydrolysis) is 1. The van der Waals surface area contributed by atoms with Gasteiger partial charge in [-0.25, -0.2) is 4.79 Å². The van der Waals surface area contributed by atoms with Gasteiger partial charge in [0.2, 0.25) is 0 Å². The standard InChI is InChI=1S/C14H18BrF2NO3/c1-8-5-10(15)9(11(6-8)20-12(16)17)7-18-13(19)21-14(2,3)4/h5-6,12H,7H2,1-4H3,(H,18,19). The minimum Gasteiger partial charge on any atom is -0.444 e. The molecule has 0 unspecified atom stereocenters. The Morgan fingerprint density at radius 3 is 2.52 bits per heavy atom. The highest BCUT2D eigenvalue weighted by Crippen LogP contribution is 2.30. The minimum absolute atomic E-state index is 0.0117. The van der Waals surface area contributed by atoms with Crippen LogP contribution in [0.2, 0.25) is 0 Å². The van der Waals surface area contributed by atoms with Crippen LogP contribution >= 0.6 is 15.9 Å². The van der Waals surface area contributed by atoms with Gasteiger partial charge in [-0.15, -0.1) is 0 Å². The average molecular weight is 366 g/mol. The number of carbonyl (C=O) groups is 1. The van der Waals surface area contributed by atoms with Crippen molar-refractivity contribution in [1.29, 1.82) is 0 Å². The highest BCUT2D eigenvalue weighted by atomic mass is 79.9. The number of hydrogen-bond acceptors (Lipinski definition) is 3. The maximum atomic E-state index is 12.4. The van der Waals surface area contributed by atoms with Crippen molar-refractivity contribution in [3.63, 3.8) is 0 Å². The average Bonchev–Trinajstić information content (AvgIpc) is 2.23. The zero-order chi connectivity index (χ0) is 16.2. The Morgan fingerprint density at radius 2 is 2.00 bits per heavy atom. The summed E-state index contributed by atoms with van der Waals surface area (Å²) in [6.45, 7) is 4.05. The van der Waals surface area contributed by atoms with Crippen LogP contribution in [0, 0.1) is 6.92 Å². The van der Waals surface area contributed by atoms with Crippen LogP contribution in [0.3, 0.4) is 0 Å². The quantitative estimate of drug-likeness (QED) is 0.860. The molecule has 1 N–H and O–H groups in total. The van der Waals surface area contributed by atoms with Crippen molar-refractivity contribution >= 4 is 22.0 Å². The molecule has 118 valence electrons. The van der Waals surface area contributed by atoms with E-state index < -0.39 is 18.3 Å². The molecular formula is C14H18BrF2NO3. The maximum Gasteiger partial charge on any atom is 0.407 e. The SMILES string of the molecule is Cc1cc(Br)c(CNC(=O)OC(C)(C)C)c(OC(F)F)c1. The third-order valence-corrected chi connectivity index (χ3v) is 3.03. The lowest BCUT2D eigenvalue weighted by atomic mass is 10.1. The summed E-state index contributed by atoms with van der Waals surface area (Å²) in [6, 6.07) is 3.24. The molecule has 0 radical (unpaired) electrons. The predicted octanol–water partition coefficient (Wildman–Crippen LogP) is 4.38. The van der Waals surface area contributed by atoms with Crippen LogP contribution in [0.1, 0.15) is 31.9 Å². The van der Waals surface area contributed by atoms with Gasteiger partial charge in [0.15, 0.2) is 0 Å². The summed E-state index contributed by atoms with van der Waals surface area (Å²) in [6.07, 6.45) is -0.627. The first kappa shape index (κ1) is 17.7. The van der Waals surface area contributed by atoms with E-state index in [1.807, 2.05) is 0 Å². The first-order chi connectivity index (χ1) is 9.58. The maximum absolute atomic E-state index is 12.4. The monoisotopic (exact) mass is 365 g/mol. The van der Waals surface area contributed by atoms with Gasteiger partial charge in [-0.2, -0.15) is 8.78 Å². The van der Waals surface area contributed by atoms with Crippen molar-refractivity contribution in [1.82, 2.24) is 5.32 Å². The molecule has 0 aliphatic rings. The molecule has 0 saturated heterocycles. The molecule has 0 aromatic heterocycles. The normalized spacial score (nSPS) is 11.4. The molecule has 0 spiro atoms. The van der Waals surface area contributed by atoms with Crippen molar-refractivity contribution in [2.24, 2.45) is 0 Å². The van der Waals surface area contributed by atoms with E-state index >= 15 is 0 Å². The number of halogens is 3. The first-order valence-corrected chi connectivity index (χ1v) is 7.08. The third kappa shape index (κ3) is 6.29. The van der Waals surface area contributed by atoms with Gasteiger partial charge < -0.3 is 14.8 Å². The van der Waals surface area contributed by atoms with Gasteiger partial charge in [-0.05, 0) is 45.4 Å². The van der Waals surface area contributed by atoms with Crippen molar-refractivity contribution in [3.05, 3.63) is 27.7 Å². The molecular weight excluding hydrogens is 348 g/mol. The van der Waals surface area contributed by atoms with Gasteiger partial charge in [-0.3, -0.25) is 0 Å². The molecule has 21 heavy (non-hydrogen) atoms. The molecule has 1 amide bonds. The van der Waals surface area contributed by atoms with Crippen molar-refractivity contribution < 1.29 is 23.0 Å². The molecule has 4 nitrogen and oxygen atoms in total. The number of hydrogen-bond donors (Lipinski definition) is 1. The highest BCUT2D eigenvalue weighted by Gasteiger charge is 2.18. The van der Waals surface area contributed by atoms with E-state index in [0.29, 0.717) is 10.0 Å². The van der Waals surface area contributed by atoms with E-state index in [-0.39, 0.29) is 12.3 Å². The number of nitrogens with one attached hydrogen (secondary N) is 1. The fourth-order valence-electron chi connectivity index (χ4n) is 1.59. The first-order valence-electron chi connectivity index (χ1n) is 6.29. The minimum atomic E-state index is -2.93. The summed E-state index contributed by atoms with van der Waals surface area (Å²) in [5.41, 5.74) is 0.557. The Labute approximate surface area is 130 Å². The fourth-order valence-corrected chi connectivity index (χ4v) is 2.28. The van der Waals surface area contributed by atoms with Gasteiger partial charge >= 0.3 is 12.7 Å². The number of alkyl halides is 2. The summed E-state index contributed by atoms with van der Waals surface area (Å²) in [5, 5.41) is 2.51. The topological polar surface area (TPSA) is 47.6 Å². The molecule has 0 heterocycles. The number of aryl methyl sites for hydroxylation is 1. The number of carbonyl (C=O) groups excluding carboxylic acids is 1. The van der Waals surface area contributed by atoms with Crippen molar-refractivity contribution in [2.45, 2.75) is 46.5 Å². The Balaban J connectivity index is 2.84. The number of ether oxygens (including phenoxy) is 2. The molecule has 1 aromatic rings. The molecule has 0 atom stereocenters. The second kappa shape index (κ2) is 7.06. The Morgan fingerprint density at radius 1 is 1.38 bits per heavy atom. The Bertz CT molecular complexity index is 516. The summed E-state index contributed by atoms with van der Waals surface area (Å²) in [5.74, 6) is 0.0212. The molecule has 0 aliphatic carbocycles. The van der Waals surface area contributed by atoms with Crippen LogP contribution in [0.25, 0.3) is 0 Å². The van der Waals surface area contributed by atoms with E-state index in [1.165, 1.54) is 6.07 Å². The van der Waals surface area contributed by atoms with Gasteiger partial charge in [0, 0.05) is 10.0 Å². The molecule has 1 rings (SSSR count). The summed E-state index contributed by atoms with van der Waals surface area (Å²) in [7, 11) is 0. The van der Waals surface area contributed by atoms with Crippen LogP contribution in [0.15, 0.2) is 16.6 Å². The second-order valence-electron chi connectivity index (χ2n) is 5.46. The van der Waals surface area contributed by atoms with E-state index in [1.54, 1.807) is 33.8 Å². The van der Waals surface area contributed by atoms with Gasteiger partial charge in [0.25, 0.3) is 0 Å². The van der Waals surface area contributed by atoms with Crippen molar-refractivity contribution in [2.75, 3.05) is 0 Å². The molecule has 0 bridgehead atoms. The van der Waals surface area contributed by atoms with E-state index in [0.717, 1.165) is 5.56 Å². The van der Waals surface area contributed by atoms with Gasteiger partial charge in [0.05, 0.1) is 6.54 Å². The number of benzene rings is 1. The van der Waals surface area contributed by atoms with Crippen LogP contribution < -0.4 is 10.1 Å². The molecule has 7 heteroatoms. The second-order valence-corrected chi connectivity index (χ2v) is 6.31. The Hall–Kier alpha value is -1.37. The third-order valence-electron chi connectivity index (χ3n) is 2.32. The number of amides is 1. The molecule has 1 aromatic carbocycles. The smallest absolute Gasteiger partial charge is 0.407 e. The van der Waals surface area contributed by atoms with Crippen LogP contribution in [-0.2, 0) is 11.3 Å². The van der Waals surface area contributed by atoms with E-state index in [9.17, 15) is 13.6 Å². The van der Waals surface area contributed by atoms with Crippen molar-refractivity contribution in [3.8, 4) is 5.75 Å². The lowest BCUT2D eigenvalue weighted by Gasteiger charge is -2.20. The summed E-state index contributed by atoms with van der Waals surface area (Å²) >= 11 is 3.28. The summed E-state index contributed by atoms with van der Waals surface area (Å²) in [4.78, 5) is 11.6. The van der Waals surface area contributed by atoms with E-state index in [4.69, 9.17) is 4.74 Å². The van der Waals surface area contributed by atoms with Gasteiger partial charge in [-0.1, -0.05) is 15.9 Å².